The van der Waals surface area contributed by atoms with Crippen LogP contribution < -0.4 is 10.5 Å². The highest BCUT2D eigenvalue weighted by atomic mass is 19.4. The number of alkyl halides is 3. The highest BCUT2D eigenvalue weighted by Gasteiger charge is 2.39. The van der Waals surface area contributed by atoms with Crippen molar-refractivity contribution in [3.05, 3.63) is 41.6 Å². The minimum Gasteiger partial charge on any atom is -0.439 e. The molecule has 0 saturated carbocycles. The first-order valence-corrected chi connectivity index (χ1v) is 6.55. The molecule has 1 aromatic heterocycles. The van der Waals surface area contributed by atoms with Crippen LogP contribution in [0.3, 0.4) is 0 Å². The molecule has 1 heterocycles. The number of hydrogen-bond donors (Lipinski definition) is 2. The number of nitrogens with zero attached hydrogens (tertiary/aromatic N) is 2. The smallest absolute Gasteiger partial charge is 0.435 e. The molecule has 0 aliphatic heterocycles. The van der Waals surface area contributed by atoms with Crippen molar-refractivity contribution in [2.45, 2.75) is 18.6 Å². The zero-order valence-electron chi connectivity index (χ0n) is 11.8. The van der Waals surface area contributed by atoms with Gasteiger partial charge in [0.15, 0.2) is 5.69 Å². The number of para-hydroxylation sites is 1. The average molecular weight is 315 g/mol. The molecule has 2 aromatic rings. The molecule has 1 aromatic carbocycles. The van der Waals surface area contributed by atoms with Gasteiger partial charge in [-0.1, -0.05) is 18.2 Å². The summed E-state index contributed by atoms with van der Waals surface area (Å²) in [6, 6.07) is 7.58. The van der Waals surface area contributed by atoms with E-state index in [2.05, 4.69) is 5.10 Å². The minimum atomic E-state index is -4.62. The molecule has 0 fully saturated rings. The Morgan fingerprint density at radius 1 is 1.32 bits per heavy atom. The lowest BCUT2D eigenvalue weighted by molar-refractivity contribution is -0.142. The Kier molecular flexibility index (Phi) is 4.72. The molecule has 0 amide bonds. The number of aryl methyl sites for hydroxylation is 1. The third-order valence-corrected chi connectivity index (χ3v) is 3.01. The van der Waals surface area contributed by atoms with E-state index in [0.717, 1.165) is 4.68 Å². The fourth-order valence-electron chi connectivity index (χ4n) is 2.02. The second kappa shape index (κ2) is 6.37. The maximum absolute atomic E-state index is 13.1. The zero-order valence-corrected chi connectivity index (χ0v) is 11.8. The number of halogens is 3. The van der Waals surface area contributed by atoms with Crippen molar-refractivity contribution < 1.29 is 23.0 Å². The number of hydrogen-bond acceptors (Lipinski definition) is 4. The summed E-state index contributed by atoms with van der Waals surface area (Å²) in [4.78, 5) is 0. The van der Waals surface area contributed by atoms with Gasteiger partial charge < -0.3 is 15.6 Å². The Labute approximate surface area is 125 Å². The van der Waals surface area contributed by atoms with Crippen molar-refractivity contribution in [2.75, 3.05) is 6.61 Å². The van der Waals surface area contributed by atoms with Gasteiger partial charge >= 0.3 is 6.18 Å². The molecule has 0 bridgehead atoms. The SMILES string of the molecule is Cn1nc(C(F)(F)F)c(CC(N)CO)c1Oc1ccccc1. The largest absolute Gasteiger partial charge is 0.439 e. The van der Waals surface area contributed by atoms with Gasteiger partial charge in [-0.25, -0.2) is 4.68 Å². The number of ether oxygens (including phenoxy) is 1. The Hall–Kier alpha value is -2.06. The van der Waals surface area contributed by atoms with E-state index in [0.29, 0.717) is 5.75 Å². The standard InChI is InChI=1S/C14H16F3N3O2/c1-20-13(22-10-5-3-2-4-6-10)11(7-9(18)8-21)12(19-20)14(15,16)17/h2-6,9,21H,7-8,18H2,1H3. The van der Waals surface area contributed by atoms with Gasteiger partial charge in [-0.05, 0) is 18.6 Å². The third-order valence-electron chi connectivity index (χ3n) is 3.01. The quantitative estimate of drug-likeness (QED) is 0.886. The number of benzene rings is 1. The molecule has 0 aliphatic carbocycles. The van der Waals surface area contributed by atoms with Crippen LogP contribution in [0.25, 0.3) is 0 Å². The van der Waals surface area contributed by atoms with Gasteiger partial charge in [-0.2, -0.15) is 18.3 Å². The van der Waals surface area contributed by atoms with Gasteiger partial charge in [-0.3, -0.25) is 0 Å². The molecule has 22 heavy (non-hydrogen) atoms. The van der Waals surface area contributed by atoms with E-state index >= 15 is 0 Å². The Morgan fingerprint density at radius 3 is 2.50 bits per heavy atom. The van der Waals surface area contributed by atoms with E-state index in [1.807, 2.05) is 0 Å². The number of aromatic nitrogens is 2. The van der Waals surface area contributed by atoms with Crippen LogP contribution in [0.4, 0.5) is 13.2 Å². The van der Waals surface area contributed by atoms with E-state index in [1.165, 1.54) is 7.05 Å². The lowest BCUT2D eigenvalue weighted by Crippen LogP contribution is -2.28. The van der Waals surface area contributed by atoms with E-state index in [-0.39, 0.29) is 17.9 Å². The molecule has 120 valence electrons. The van der Waals surface area contributed by atoms with E-state index in [4.69, 9.17) is 15.6 Å². The fourth-order valence-corrected chi connectivity index (χ4v) is 2.02. The van der Waals surface area contributed by atoms with Crippen molar-refractivity contribution in [1.29, 1.82) is 0 Å². The summed E-state index contributed by atoms with van der Waals surface area (Å²) < 4.78 is 45.8. The first kappa shape index (κ1) is 16.3. The van der Waals surface area contributed by atoms with Crippen molar-refractivity contribution in [2.24, 2.45) is 12.8 Å². The van der Waals surface area contributed by atoms with Crippen molar-refractivity contribution in [1.82, 2.24) is 9.78 Å². The second-order valence-corrected chi connectivity index (χ2v) is 4.82. The highest BCUT2D eigenvalue weighted by Crippen LogP contribution is 2.37. The van der Waals surface area contributed by atoms with Gasteiger partial charge in [0.05, 0.1) is 6.61 Å². The molecule has 8 heteroatoms. The number of aliphatic hydroxyl groups excluding tert-OH is 1. The molecule has 1 unspecified atom stereocenters. The first-order chi connectivity index (χ1) is 10.3. The zero-order chi connectivity index (χ0) is 16.3. The Morgan fingerprint density at radius 2 is 1.95 bits per heavy atom. The predicted molar refractivity (Wildman–Crippen MR) is 73.5 cm³/mol. The summed E-state index contributed by atoms with van der Waals surface area (Å²) in [5.41, 5.74) is 4.36. The van der Waals surface area contributed by atoms with E-state index in [9.17, 15) is 13.2 Å². The molecule has 3 N–H and O–H groups in total. The van der Waals surface area contributed by atoms with Crippen LogP contribution in [0.15, 0.2) is 30.3 Å². The summed E-state index contributed by atoms with van der Waals surface area (Å²) in [6.45, 7) is -0.434. The summed E-state index contributed by atoms with van der Waals surface area (Å²) >= 11 is 0. The van der Waals surface area contributed by atoms with Crippen molar-refractivity contribution in [3.63, 3.8) is 0 Å². The van der Waals surface area contributed by atoms with Gasteiger partial charge in [0.1, 0.15) is 5.75 Å². The maximum Gasteiger partial charge on any atom is 0.435 e. The summed E-state index contributed by atoms with van der Waals surface area (Å²) in [5, 5.41) is 12.5. The van der Waals surface area contributed by atoms with Gasteiger partial charge in [0, 0.05) is 18.7 Å². The van der Waals surface area contributed by atoms with Gasteiger partial charge in [0.2, 0.25) is 5.88 Å². The molecule has 5 nitrogen and oxygen atoms in total. The molecule has 1 atom stereocenters. The van der Waals surface area contributed by atoms with E-state index < -0.39 is 24.5 Å². The van der Waals surface area contributed by atoms with E-state index in [1.54, 1.807) is 30.3 Å². The fraction of sp³-hybridized carbons (Fsp3) is 0.357. The Balaban J connectivity index is 2.45. The van der Waals surface area contributed by atoms with Crippen LogP contribution in [0, 0.1) is 0 Å². The van der Waals surface area contributed by atoms with Crippen molar-refractivity contribution in [3.8, 4) is 11.6 Å². The van der Waals surface area contributed by atoms with Crippen LogP contribution in [0.5, 0.6) is 11.6 Å². The topological polar surface area (TPSA) is 73.3 Å². The molecular formula is C14H16F3N3O2. The molecule has 0 radical (unpaired) electrons. The lowest BCUT2D eigenvalue weighted by atomic mass is 10.1. The highest BCUT2D eigenvalue weighted by molar-refractivity contribution is 5.38. The summed E-state index contributed by atoms with van der Waals surface area (Å²) in [5.74, 6) is 0.348. The second-order valence-electron chi connectivity index (χ2n) is 4.82. The molecule has 2 rings (SSSR count). The Bertz CT molecular complexity index is 626. The number of rotatable bonds is 5. The van der Waals surface area contributed by atoms with Crippen LogP contribution in [-0.4, -0.2) is 27.5 Å². The van der Waals surface area contributed by atoms with Crippen LogP contribution >= 0.6 is 0 Å². The average Bonchev–Trinajstić information content (AvgIpc) is 2.77. The van der Waals surface area contributed by atoms with Crippen LogP contribution in [0.1, 0.15) is 11.3 Å². The predicted octanol–water partition coefficient (Wildman–Crippen LogP) is 2.09. The number of aliphatic hydroxyl groups is 1. The summed E-state index contributed by atoms with van der Waals surface area (Å²) in [7, 11) is 1.36. The maximum atomic E-state index is 13.1. The minimum absolute atomic E-state index is 0.0394. The van der Waals surface area contributed by atoms with Crippen molar-refractivity contribution >= 4 is 0 Å². The molecule has 0 spiro atoms. The third kappa shape index (κ3) is 3.58. The molecular weight excluding hydrogens is 299 g/mol. The first-order valence-electron chi connectivity index (χ1n) is 6.55. The summed E-state index contributed by atoms with van der Waals surface area (Å²) in [6.07, 6.45) is -4.82. The number of nitrogens with two attached hydrogens (primary N) is 1. The van der Waals surface area contributed by atoms with Crippen LogP contribution in [0.2, 0.25) is 0 Å². The molecule has 0 saturated heterocycles. The lowest BCUT2D eigenvalue weighted by Gasteiger charge is -2.13. The monoisotopic (exact) mass is 315 g/mol. The molecule has 0 aliphatic rings. The van der Waals surface area contributed by atoms with Gasteiger partial charge in [0.25, 0.3) is 0 Å². The van der Waals surface area contributed by atoms with Gasteiger partial charge in [-0.15, -0.1) is 0 Å². The van der Waals surface area contributed by atoms with Crippen LogP contribution in [-0.2, 0) is 19.6 Å². The normalized spacial score (nSPS) is 13.2.